The first-order valence-corrected chi connectivity index (χ1v) is 23.7. The van der Waals surface area contributed by atoms with Crippen LogP contribution in [-0.2, 0) is 32.9 Å². The van der Waals surface area contributed by atoms with Gasteiger partial charge in [-0.2, -0.15) is 0 Å². The van der Waals surface area contributed by atoms with Crippen LogP contribution < -0.4 is 4.40 Å². The van der Waals surface area contributed by atoms with Crippen molar-refractivity contribution in [2.24, 2.45) is 0 Å². The molecule has 4 aromatic heterocycles. The molecule has 0 amide bonds. The maximum Gasteiger partial charge on any atom is 0.216 e. The van der Waals surface area contributed by atoms with Crippen molar-refractivity contribution >= 4 is 39.7 Å². The first-order valence-electron chi connectivity index (χ1n) is 18.8. The molecule has 1 radical (unpaired) electrons. The van der Waals surface area contributed by atoms with E-state index >= 15 is 0 Å². The van der Waals surface area contributed by atoms with E-state index in [2.05, 4.69) is 51.5 Å². The van der Waals surface area contributed by atoms with Crippen LogP contribution >= 0.6 is 0 Å². The van der Waals surface area contributed by atoms with Crippen molar-refractivity contribution in [1.82, 2.24) is 15.0 Å². The van der Waals surface area contributed by atoms with E-state index in [-0.39, 0.29) is 38.5 Å². The Bertz CT molecular complexity index is 2370. The Morgan fingerprint density at radius 1 is 0.837 bits per heavy atom. The summed E-state index contributed by atoms with van der Waals surface area (Å²) in [6.45, 7) is 3.77. The fourth-order valence-corrected chi connectivity index (χ4v) is 7.99. The largest absolute Gasteiger partial charge is 0.486 e. The molecule has 0 saturated carbocycles. The zero-order valence-corrected chi connectivity index (χ0v) is 32.8. The molecule has 0 atom stereocenters. The van der Waals surface area contributed by atoms with Gasteiger partial charge in [0.2, 0.25) is 5.71 Å². The SMILES string of the molecule is [2H]C(C)(C)c1c[c-]c(-c2cc[c]([Ge]([CH3])([CH3])[CH3])cn2)cc1.[2H]C1([2H])CCC([2H])([2H])c2c1ccnc2-c1[c-]ccc2c1oc1nc(-c3ccccc3)ccc12.[Ir]. The molecule has 7 aromatic rings. The van der Waals surface area contributed by atoms with Gasteiger partial charge < -0.3 is 9.40 Å². The summed E-state index contributed by atoms with van der Waals surface area (Å²) in [5.41, 5.74) is 7.22. The Balaban J connectivity index is 0.000000205. The summed E-state index contributed by atoms with van der Waals surface area (Å²) in [7, 11) is 0. The molecule has 0 aliphatic heterocycles. The minimum absolute atomic E-state index is 0. The van der Waals surface area contributed by atoms with Gasteiger partial charge in [-0.1, -0.05) is 52.4 Å². The molecule has 3 aromatic carbocycles. The molecule has 0 fully saturated rings. The number of aryl methyl sites for hydroxylation is 1. The van der Waals surface area contributed by atoms with Crippen LogP contribution in [0.4, 0.5) is 0 Å². The average Bonchev–Trinajstić information content (AvgIpc) is 3.52. The number of nitrogens with zero attached hydrogens (tertiary/aromatic N) is 3. The average molecular weight is 886 g/mol. The quantitative estimate of drug-likeness (QED) is 0.128. The van der Waals surface area contributed by atoms with Crippen LogP contribution in [0.3, 0.4) is 0 Å². The Kier molecular flexibility index (Phi) is 8.80. The molecule has 6 heteroatoms. The van der Waals surface area contributed by atoms with E-state index in [1.54, 1.807) is 12.1 Å². The minimum atomic E-state index is -1.78. The summed E-state index contributed by atoms with van der Waals surface area (Å²) in [6, 6.07) is 35.7. The molecule has 4 nitrogen and oxygen atoms in total. The monoisotopic (exact) mass is 887 g/mol. The van der Waals surface area contributed by atoms with E-state index in [4.69, 9.17) is 16.3 Å². The summed E-state index contributed by atoms with van der Waals surface area (Å²) in [4.78, 5) is 13.8. The van der Waals surface area contributed by atoms with Crippen LogP contribution in [0, 0.1) is 12.1 Å². The van der Waals surface area contributed by atoms with Gasteiger partial charge in [0.1, 0.15) is 0 Å². The first-order chi connectivity index (χ1) is 25.0. The van der Waals surface area contributed by atoms with Crippen molar-refractivity contribution < 1.29 is 31.4 Å². The number of hydrogen-bond donors (Lipinski definition) is 0. The van der Waals surface area contributed by atoms with Gasteiger partial charge in [-0.25, -0.2) is 4.98 Å². The molecule has 0 unspecified atom stereocenters. The van der Waals surface area contributed by atoms with Gasteiger partial charge >= 0.3 is 120 Å². The summed E-state index contributed by atoms with van der Waals surface area (Å²) in [5.74, 6) is 6.53. The van der Waals surface area contributed by atoms with Gasteiger partial charge in [-0.15, -0.1) is 18.2 Å². The maximum absolute atomic E-state index is 8.62. The fourth-order valence-electron chi connectivity index (χ4n) is 5.82. The van der Waals surface area contributed by atoms with E-state index in [1.807, 2.05) is 86.8 Å². The molecular weight excluding hydrogens is 839 g/mol. The summed E-state index contributed by atoms with van der Waals surface area (Å²) in [6.07, 6.45) is 0.447. The molecule has 0 saturated heterocycles. The number of aromatic nitrogens is 3. The molecule has 0 spiro atoms. The van der Waals surface area contributed by atoms with Gasteiger partial charge in [-0.3, -0.25) is 0 Å². The molecule has 1 aliphatic carbocycles. The van der Waals surface area contributed by atoms with E-state index in [0.29, 0.717) is 28.1 Å². The number of pyridine rings is 3. The zero-order chi connectivity index (χ0) is 37.8. The molecule has 1 aliphatic rings. The third kappa shape index (κ3) is 7.50. The molecule has 0 N–H and O–H groups in total. The second kappa shape index (κ2) is 14.9. The third-order valence-electron chi connectivity index (χ3n) is 8.59. The smallest absolute Gasteiger partial charge is 0.216 e. The predicted molar refractivity (Wildman–Crippen MR) is 201 cm³/mol. The van der Waals surface area contributed by atoms with E-state index in [1.165, 1.54) is 10.6 Å². The van der Waals surface area contributed by atoms with Gasteiger partial charge in [0, 0.05) is 42.7 Å². The van der Waals surface area contributed by atoms with E-state index < -0.39 is 31.9 Å². The van der Waals surface area contributed by atoms with Crippen molar-refractivity contribution in [2.75, 3.05) is 0 Å². The minimum Gasteiger partial charge on any atom is -0.486 e. The van der Waals surface area contributed by atoms with Gasteiger partial charge in [0.05, 0.1) is 11.3 Å². The van der Waals surface area contributed by atoms with Crippen LogP contribution in [0.1, 0.15) is 56.1 Å². The second-order valence-electron chi connectivity index (χ2n) is 13.2. The molecule has 8 rings (SSSR count). The van der Waals surface area contributed by atoms with Gasteiger partial charge in [0.15, 0.2) is 0 Å². The van der Waals surface area contributed by atoms with Crippen molar-refractivity contribution in [3.05, 3.63) is 132 Å². The Hall–Kier alpha value is -3.90. The summed E-state index contributed by atoms with van der Waals surface area (Å²) < 4.78 is 49.7. The predicted octanol–water partition coefficient (Wildman–Crippen LogP) is 10.6. The molecule has 249 valence electrons. The van der Waals surface area contributed by atoms with E-state index in [9.17, 15) is 0 Å². The Morgan fingerprint density at radius 2 is 1.63 bits per heavy atom. The summed E-state index contributed by atoms with van der Waals surface area (Å²) in [5, 5.41) is 1.69. The summed E-state index contributed by atoms with van der Waals surface area (Å²) >= 11 is -1.78. The van der Waals surface area contributed by atoms with Crippen LogP contribution in [0.5, 0.6) is 0 Å². The third-order valence-corrected chi connectivity index (χ3v) is 12.8. The van der Waals surface area contributed by atoms with E-state index in [0.717, 1.165) is 38.9 Å². The number of rotatable bonds is 5. The Morgan fingerprint density at radius 3 is 2.35 bits per heavy atom. The van der Waals surface area contributed by atoms with Crippen molar-refractivity contribution in [1.29, 1.82) is 0 Å². The zero-order valence-electron chi connectivity index (χ0n) is 33.3. The maximum atomic E-state index is 8.62. The van der Waals surface area contributed by atoms with Gasteiger partial charge in [-0.05, 0) is 49.5 Å². The van der Waals surface area contributed by atoms with Crippen LogP contribution in [0.25, 0.3) is 55.8 Å². The topological polar surface area (TPSA) is 51.8 Å². The second-order valence-corrected chi connectivity index (χ2v) is 23.9. The standard InChI is InChI=1S/C26H19N2O.C17H22GeN.Ir/c1-2-8-18(9-3-1)23-14-13-21-20-11-6-12-22(25(20)29-26(21)28-23)24-19-10-5-4-7-17(19)15-16-27-24;1-13(2)14-6-8-15(9-7-14)17-11-10-16(12-19-17)18(3,4)5;/h1-3,6,8-9,11,13-16H,4-5,7,10H2;6-8,10-13H,1-5H3;/q2*-1;/i7D2,10D2;13D;. The first kappa shape index (κ1) is 28.9. The molecule has 49 heavy (non-hydrogen) atoms. The van der Waals surface area contributed by atoms with Crippen LogP contribution in [0.15, 0.2) is 108 Å². The van der Waals surface area contributed by atoms with Crippen molar-refractivity contribution in [3.8, 4) is 33.8 Å². The number of benzene rings is 3. The number of fused-ring (bicyclic) bond motifs is 4. The van der Waals surface area contributed by atoms with Crippen LogP contribution in [-0.4, -0.2) is 28.2 Å². The van der Waals surface area contributed by atoms with Crippen molar-refractivity contribution in [2.45, 2.75) is 62.6 Å². The van der Waals surface area contributed by atoms with Crippen LogP contribution in [0.2, 0.25) is 17.3 Å². The Labute approximate surface area is 313 Å². The normalized spacial score (nSPS) is 16.5. The van der Waals surface area contributed by atoms with Gasteiger partial charge in [0.25, 0.3) is 0 Å². The van der Waals surface area contributed by atoms with Crippen molar-refractivity contribution in [3.63, 3.8) is 0 Å². The molecule has 0 bridgehead atoms. The molecule has 4 heterocycles. The molecular formula is C43H41GeIrN3O-2. The number of hydrogen-bond acceptors (Lipinski definition) is 4. The number of furan rings is 1. The fraction of sp³-hybridized carbons (Fsp3) is 0.233.